The largest absolute Gasteiger partial charge is 0.507 e. The maximum Gasteiger partial charge on any atom is 0.172 e. The van der Waals surface area contributed by atoms with Gasteiger partial charge in [0.15, 0.2) is 11.5 Å². The molecule has 0 saturated carbocycles. The molecule has 3 aromatic carbocycles. The van der Waals surface area contributed by atoms with Gasteiger partial charge in [-0.1, -0.05) is 54.6 Å². The molecule has 0 atom stereocenters. The Morgan fingerprint density at radius 1 is 0.826 bits per heavy atom. The van der Waals surface area contributed by atoms with E-state index in [-0.39, 0.29) is 11.9 Å². The third-order valence-electron chi connectivity index (χ3n) is 3.72. The van der Waals surface area contributed by atoms with Crippen molar-refractivity contribution in [2.24, 2.45) is 0 Å². The Kier molecular flexibility index (Phi) is 4.11. The lowest BCUT2D eigenvalue weighted by Gasteiger charge is -2.20. The highest BCUT2D eigenvalue weighted by molar-refractivity contribution is 6.02. The van der Waals surface area contributed by atoms with E-state index >= 15 is 0 Å². The first-order valence-electron chi connectivity index (χ1n) is 7.67. The lowest BCUT2D eigenvalue weighted by molar-refractivity contribution is 0.233. The van der Waals surface area contributed by atoms with Gasteiger partial charge in [-0.2, -0.15) is 0 Å². The van der Waals surface area contributed by atoms with Crippen molar-refractivity contribution in [1.82, 2.24) is 0 Å². The van der Waals surface area contributed by atoms with Crippen molar-refractivity contribution < 1.29 is 14.6 Å². The van der Waals surface area contributed by atoms with Gasteiger partial charge in [-0.25, -0.2) is 0 Å². The summed E-state index contributed by atoms with van der Waals surface area (Å²) >= 11 is 0. The van der Waals surface area contributed by atoms with Crippen LogP contribution in [0.1, 0.15) is 13.8 Å². The lowest BCUT2D eigenvalue weighted by atomic mass is 9.97. The zero-order valence-electron chi connectivity index (χ0n) is 13.5. The molecule has 0 aliphatic carbocycles. The highest BCUT2D eigenvalue weighted by Gasteiger charge is 2.22. The van der Waals surface area contributed by atoms with Crippen molar-refractivity contribution in [1.29, 1.82) is 0 Å². The molecule has 0 radical (unpaired) electrons. The summed E-state index contributed by atoms with van der Waals surface area (Å²) in [5, 5.41) is 12.4. The number of phenolic OH excluding ortho intramolecular Hbond substituents is 1. The molecular weight excluding hydrogens is 288 g/mol. The van der Waals surface area contributed by atoms with Gasteiger partial charge < -0.3 is 14.6 Å². The molecule has 118 valence electrons. The van der Waals surface area contributed by atoms with E-state index in [9.17, 15) is 5.11 Å². The van der Waals surface area contributed by atoms with Gasteiger partial charge in [-0.15, -0.1) is 0 Å². The third kappa shape index (κ3) is 2.70. The minimum Gasteiger partial charge on any atom is -0.507 e. The molecule has 0 heterocycles. The van der Waals surface area contributed by atoms with E-state index in [1.807, 2.05) is 68.4 Å². The number of ether oxygens (including phenoxy) is 2. The normalized spacial score (nSPS) is 11.0. The average Bonchev–Trinajstić information content (AvgIpc) is 2.57. The van der Waals surface area contributed by atoms with E-state index in [2.05, 4.69) is 0 Å². The number of aromatic hydroxyl groups is 1. The van der Waals surface area contributed by atoms with E-state index in [4.69, 9.17) is 9.47 Å². The number of hydrogen-bond donors (Lipinski definition) is 1. The number of rotatable bonds is 4. The summed E-state index contributed by atoms with van der Waals surface area (Å²) < 4.78 is 11.7. The van der Waals surface area contributed by atoms with E-state index in [1.54, 1.807) is 7.11 Å². The van der Waals surface area contributed by atoms with E-state index < -0.39 is 0 Å². The molecule has 1 N–H and O–H groups in total. The van der Waals surface area contributed by atoms with Crippen molar-refractivity contribution in [3.63, 3.8) is 0 Å². The molecule has 3 heteroatoms. The van der Waals surface area contributed by atoms with Crippen molar-refractivity contribution in [3.05, 3.63) is 54.6 Å². The van der Waals surface area contributed by atoms with Crippen LogP contribution < -0.4 is 9.47 Å². The SMILES string of the molecule is COc1c(-c2ccccc2)c(O)c2ccccc2c1OC(C)C. The Balaban J connectivity index is 2.41. The van der Waals surface area contributed by atoms with Crippen molar-refractivity contribution in [2.45, 2.75) is 20.0 Å². The lowest BCUT2D eigenvalue weighted by Crippen LogP contribution is -2.08. The molecule has 0 unspecified atom stereocenters. The van der Waals surface area contributed by atoms with E-state index in [0.29, 0.717) is 17.1 Å². The van der Waals surface area contributed by atoms with Crippen LogP contribution >= 0.6 is 0 Å². The molecule has 0 saturated heterocycles. The molecule has 0 aliphatic rings. The highest BCUT2D eigenvalue weighted by atomic mass is 16.5. The predicted molar refractivity (Wildman–Crippen MR) is 93.4 cm³/mol. The van der Waals surface area contributed by atoms with E-state index in [0.717, 1.165) is 16.3 Å². The monoisotopic (exact) mass is 308 g/mol. The van der Waals surface area contributed by atoms with Crippen molar-refractivity contribution >= 4 is 10.8 Å². The summed E-state index contributed by atoms with van der Waals surface area (Å²) in [7, 11) is 1.60. The van der Waals surface area contributed by atoms with Gasteiger partial charge in [0, 0.05) is 10.8 Å². The molecule has 0 spiro atoms. The predicted octanol–water partition coefficient (Wildman–Crippen LogP) is 5.01. The number of phenols is 1. The highest BCUT2D eigenvalue weighted by Crippen LogP contribution is 2.50. The topological polar surface area (TPSA) is 38.7 Å². The van der Waals surface area contributed by atoms with Crippen LogP contribution in [0.25, 0.3) is 21.9 Å². The summed E-state index contributed by atoms with van der Waals surface area (Å²) in [5.74, 6) is 1.43. The second kappa shape index (κ2) is 6.21. The van der Waals surface area contributed by atoms with Crippen LogP contribution in [-0.4, -0.2) is 18.3 Å². The van der Waals surface area contributed by atoms with Gasteiger partial charge >= 0.3 is 0 Å². The minimum atomic E-state index is 0.000437. The standard InChI is InChI=1S/C20H20O3/c1-13(2)23-19-16-12-8-7-11-15(16)18(21)17(20(19)22-3)14-9-5-4-6-10-14/h4-13,21H,1-3H3. The Bertz CT molecular complexity index is 823. The third-order valence-corrected chi connectivity index (χ3v) is 3.72. The zero-order chi connectivity index (χ0) is 16.4. The molecule has 0 aliphatic heterocycles. The summed E-state index contributed by atoms with van der Waals surface area (Å²) in [5.41, 5.74) is 1.55. The molecule has 0 aromatic heterocycles. The first kappa shape index (κ1) is 15.2. The van der Waals surface area contributed by atoms with Crippen LogP contribution in [0, 0.1) is 0 Å². The van der Waals surface area contributed by atoms with Gasteiger partial charge in [0.25, 0.3) is 0 Å². The summed E-state index contributed by atoms with van der Waals surface area (Å²) in [6.45, 7) is 3.95. The second-order valence-corrected chi connectivity index (χ2v) is 5.66. The number of fused-ring (bicyclic) bond motifs is 1. The molecule has 0 amide bonds. The maximum absolute atomic E-state index is 10.8. The van der Waals surface area contributed by atoms with Gasteiger partial charge in [0.05, 0.1) is 18.8 Å². The molecule has 0 bridgehead atoms. The fraction of sp³-hybridized carbons (Fsp3) is 0.200. The van der Waals surface area contributed by atoms with Gasteiger partial charge in [0.1, 0.15) is 5.75 Å². The minimum absolute atomic E-state index is 0.000437. The Labute approximate surface area is 136 Å². The summed E-state index contributed by atoms with van der Waals surface area (Å²) in [4.78, 5) is 0. The smallest absolute Gasteiger partial charge is 0.172 e. The number of methoxy groups -OCH3 is 1. The van der Waals surface area contributed by atoms with Gasteiger partial charge in [-0.05, 0) is 19.4 Å². The maximum atomic E-state index is 10.8. The van der Waals surface area contributed by atoms with Crippen molar-refractivity contribution in [3.8, 4) is 28.4 Å². The van der Waals surface area contributed by atoms with Crippen LogP contribution in [0.2, 0.25) is 0 Å². The van der Waals surface area contributed by atoms with Crippen LogP contribution in [0.3, 0.4) is 0 Å². The van der Waals surface area contributed by atoms with Gasteiger partial charge in [-0.3, -0.25) is 0 Å². The Morgan fingerprint density at radius 2 is 1.43 bits per heavy atom. The first-order valence-corrected chi connectivity index (χ1v) is 7.67. The summed E-state index contributed by atoms with van der Waals surface area (Å²) in [6, 6.07) is 17.4. The van der Waals surface area contributed by atoms with Gasteiger partial charge in [0.2, 0.25) is 0 Å². The molecule has 3 nitrogen and oxygen atoms in total. The Morgan fingerprint density at radius 3 is 2.04 bits per heavy atom. The quantitative estimate of drug-likeness (QED) is 0.736. The van der Waals surface area contributed by atoms with Crippen LogP contribution in [0.4, 0.5) is 0 Å². The first-order chi connectivity index (χ1) is 11.1. The Hall–Kier alpha value is -2.68. The second-order valence-electron chi connectivity index (χ2n) is 5.66. The molecule has 3 rings (SSSR count). The van der Waals surface area contributed by atoms with Crippen LogP contribution in [0.15, 0.2) is 54.6 Å². The molecule has 23 heavy (non-hydrogen) atoms. The van der Waals surface area contributed by atoms with E-state index in [1.165, 1.54) is 0 Å². The molecule has 0 fully saturated rings. The number of hydrogen-bond acceptors (Lipinski definition) is 3. The zero-order valence-corrected chi connectivity index (χ0v) is 13.5. The number of benzene rings is 3. The fourth-order valence-electron chi connectivity index (χ4n) is 2.79. The van der Waals surface area contributed by atoms with Crippen molar-refractivity contribution in [2.75, 3.05) is 7.11 Å². The van der Waals surface area contributed by atoms with Crippen LogP contribution in [0.5, 0.6) is 17.2 Å². The fourth-order valence-corrected chi connectivity index (χ4v) is 2.79. The molecule has 3 aromatic rings. The molecular formula is C20H20O3. The average molecular weight is 308 g/mol. The summed E-state index contributed by atoms with van der Waals surface area (Å²) in [6.07, 6.45) is 0.000437. The van der Waals surface area contributed by atoms with Crippen LogP contribution in [-0.2, 0) is 0 Å².